The Morgan fingerprint density at radius 3 is 1.39 bits per heavy atom. The molecule has 0 aliphatic heterocycles. The first-order valence-electron chi connectivity index (χ1n) is 5.87. The molecule has 0 atom stereocenters. The summed E-state index contributed by atoms with van der Waals surface area (Å²) in [6, 6.07) is 8.43. The van der Waals surface area contributed by atoms with Crippen LogP contribution >= 0.6 is 0 Å². The van der Waals surface area contributed by atoms with E-state index in [4.69, 9.17) is 9.11 Å². The van der Waals surface area contributed by atoms with Gasteiger partial charge in [-0.05, 0) is 52.9 Å². The number of hydrogen-bond acceptors (Lipinski definition) is 4. The van der Waals surface area contributed by atoms with Crippen LogP contribution in [0.3, 0.4) is 0 Å². The van der Waals surface area contributed by atoms with Gasteiger partial charge in [-0.2, -0.15) is 16.8 Å². The van der Waals surface area contributed by atoms with Crippen LogP contribution in [0.5, 0.6) is 0 Å². The summed E-state index contributed by atoms with van der Waals surface area (Å²) in [7, 11) is -8.56. The fourth-order valence-corrected chi connectivity index (χ4v) is 3.55. The summed E-state index contributed by atoms with van der Waals surface area (Å²) in [5.74, 6) is 0. The fourth-order valence-electron chi connectivity index (χ4n) is 2.48. The topological polar surface area (TPSA) is 109 Å². The molecule has 6 nitrogen and oxygen atoms in total. The van der Waals surface area contributed by atoms with Crippen molar-refractivity contribution in [3.05, 3.63) is 47.5 Å². The van der Waals surface area contributed by atoms with Crippen molar-refractivity contribution in [3.63, 3.8) is 0 Å². The summed E-state index contributed by atoms with van der Waals surface area (Å²) in [6.45, 7) is 0. The van der Waals surface area contributed by atoms with E-state index in [1.165, 1.54) is 24.3 Å². The van der Waals surface area contributed by atoms with E-state index < -0.39 is 20.2 Å². The largest absolute Gasteiger partial charge is 1.00 e. The second-order valence-corrected chi connectivity index (χ2v) is 7.61. The molecule has 10 heteroatoms. The minimum Gasteiger partial charge on any atom is -1.00 e. The van der Waals surface area contributed by atoms with Gasteiger partial charge in [0.25, 0.3) is 20.2 Å². The summed E-state index contributed by atoms with van der Waals surface area (Å²) in [6.07, 6.45) is 0.331. The van der Waals surface area contributed by atoms with Crippen LogP contribution in [0.4, 0.5) is 0 Å². The molecule has 0 fully saturated rings. The molecule has 3 rings (SSSR count). The molecule has 2 aromatic carbocycles. The minimum atomic E-state index is -4.28. The van der Waals surface area contributed by atoms with E-state index in [1.54, 1.807) is 12.1 Å². The van der Waals surface area contributed by atoms with Crippen LogP contribution in [0.1, 0.15) is 14.0 Å². The quantitative estimate of drug-likeness (QED) is 0.350. The van der Waals surface area contributed by atoms with Gasteiger partial charge in [0.05, 0.1) is 9.79 Å². The maximum Gasteiger partial charge on any atom is 1.00 e. The predicted octanol–water partition coefficient (Wildman–Crippen LogP) is -4.02. The van der Waals surface area contributed by atoms with E-state index >= 15 is 0 Å². The molecule has 114 valence electrons. The minimum absolute atomic E-state index is 0. The van der Waals surface area contributed by atoms with Crippen LogP contribution in [0, 0.1) is 0 Å². The van der Waals surface area contributed by atoms with E-state index in [9.17, 15) is 16.8 Å². The monoisotopic (exact) mass is 374 g/mol. The number of hydrogen-bond donors (Lipinski definition) is 2. The van der Waals surface area contributed by atoms with Crippen molar-refractivity contribution in [1.82, 2.24) is 0 Å². The Kier molecular flexibility index (Phi) is 6.71. The molecule has 0 aromatic heterocycles. The Bertz CT molecular complexity index is 899. The zero-order valence-electron chi connectivity index (χ0n) is 14.5. The Hall–Kier alpha value is 0.260. The molecular formula is C13H12Na2O6S2. The van der Waals surface area contributed by atoms with Crippen molar-refractivity contribution in [3.8, 4) is 11.1 Å². The molecule has 0 bridgehead atoms. The average molecular weight is 374 g/mol. The number of benzene rings is 2. The van der Waals surface area contributed by atoms with Gasteiger partial charge in [-0.1, -0.05) is 12.1 Å². The molecule has 0 saturated heterocycles. The second kappa shape index (κ2) is 7.25. The van der Waals surface area contributed by atoms with Crippen LogP contribution in [0.25, 0.3) is 11.1 Å². The van der Waals surface area contributed by atoms with Gasteiger partial charge in [0, 0.05) is 0 Å². The third-order valence-corrected chi connectivity index (χ3v) is 5.12. The second-order valence-electron chi connectivity index (χ2n) is 4.76. The Morgan fingerprint density at radius 2 is 1.09 bits per heavy atom. The molecule has 2 aromatic rings. The summed E-state index contributed by atoms with van der Waals surface area (Å²) >= 11 is 0. The molecule has 0 heterocycles. The number of fused-ring (bicyclic) bond motifs is 3. The fraction of sp³-hybridized carbons (Fsp3) is 0.0769. The molecule has 0 spiro atoms. The summed E-state index contributed by atoms with van der Waals surface area (Å²) in [5.41, 5.74) is 2.90. The van der Waals surface area contributed by atoms with Crippen molar-refractivity contribution in [2.45, 2.75) is 16.2 Å². The standard InChI is InChI=1S/C13H10O6S2.2Na.2H/c14-20(15,16)10-1-3-12-8(6-10)5-9-7-11(21(17,18)19)2-4-13(9)12;;;;/h1-4,6-7H,5H2,(H,14,15,16)(H,17,18,19);;;;/q;2*+1;2*-1. The molecule has 23 heavy (non-hydrogen) atoms. The Morgan fingerprint density at radius 1 is 0.739 bits per heavy atom. The smallest absolute Gasteiger partial charge is 1.00 e. The van der Waals surface area contributed by atoms with Gasteiger partial charge >= 0.3 is 59.1 Å². The van der Waals surface area contributed by atoms with Crippen molar-refractivity contribution in [2.24, 2.45) is 0 Å². The zero-order valence-corrected chi connectivity index (χ0v) is 18.1. The van der Waals surface area contributed by atoms with Crippen LogP contribution < -0.4 is 59.1 Å². The maximum absolute atomic E-state index is 11.1. The van der Waals surface area contributed by atoms with Gasteiger partial charge in [0.1, 0.15) is 0 Å². The van der Waals surface area contributed by atoms with Gasteiger partial charge < -0.3 is 2.85 Å². The molecular weight excluding hydrogens is 362 g/mol. The van der Waals surface area contributed by atoms with E-state index in [0.717, 1.165) is 11.1 Å². The van der Waals surface area contributed by atoms with Crippen molar-refractivity contribution in [2.75, 3.05) is 0 Å². The molecule has 0 radical (unpaired) electrons. The van der Waals surface area contributed by atoms with Crippen LogP contribution in [0.2, 0.25) is 0 Å². The third-order valence-electron chi connectivity index (χ3n) is 3.42. The maximum atomic E-state index is 11.1. The normalized spacial score (nSPS) is 12.6. The van der Waals surface area contributed by atoms with Gasteiger partial charge in [-0.15, -0.1) is 0 Å². The number of rotatable bonds is 2. The van der Waals surface area contributed by atoms with Crippen LogP contribution in [-0.2, 0) is 26.7 Å². The van der Waals surface area contributed by atoms with Gasteiger partial charge in [0.2, 0.25) is 0 Å². The van der Waals surface area contributed by atoms with E-state index in [0.29, 0.717) is 17.5 Å². The van der Waals surface area contributed by atoms with Gasteiger partial charge in [-0.25, -0.2) is 0 Å². The average Bonchev–Trinajstić information content (AvgIpc) is 2.73. The van der Waals surface area contributed by atoms with E-state index in [2.05, 4.69) is 0 Å². The Labute approximate surface area is 181 Å². The van der Waals surface area contributed by atoms with E-state index in [1.807, 2.05) is 0 Å². The molecule has 0 saturated carbocycles. The zero-order chi connectivity index (χ0) is 15.4. The first-order valence-corrected chi connectivity index (χ1v) is 8.75. The third kappa shape index (κ3) is 4.27. The molecule has 1 aliphatic rings. The van der Waals surface area contributed by atoms with Crippen molar-refractivity contribution in [1.29, 1.82) is 0 Å². The summed E-state index contributed by atoms with van der Waals surface area (Å²) < 4.78 is 62.6. The molecule has 1 aliphatic carbocycles. The van der Waals surface area contributed by atoms with Crippen LogP contribution in [-0.4, -0.2) is 25.9 Å². The van der Waals surface area contributed by atoms with Crippen molar-refractivity contribution < 1.29 is 87.9 Å². The van der Waals surface area contributed by atoms with E-state index in [-0.39, 0.29) is 71.8 Å². The SMILES string of the molecule is O=S(=O)(O)c1ccc2c(c1)Cc1cc(S(=O)(=O)O)ccc1-2.[H-].[H-].[Na+].[Na+]. The molecule has 0 unspecified atom stereocenters. The van der Waals surface area contributed by atoms with Crippen LogP contribution in [0.15, 0.2) is 46.2 Å². The molecule has 2 N–H and O–H groups in total. The first kappa shape index (κ1) is 21.3. The Balaban J connectivity index is 0. The van der Waals surface area contributed by atoms with Crippen molar-refractivity contribution >= 4 is 20.2 Å². The summed E-state index contributed by atoms with van der Waals surface area (Å²) in [4.78, 5) is -0.409. The van der Waals surface area contributed by atoms with Gasteiger partial charge in [0.15, 0.2) is 0 Å². The van der Waals surface area contributed by atoms with Gasteiger partial charge in [-0.3, -0.25) is 9.11 Å². The summed E-state index contributed by atoms with van der Waals surface area (Å²) in [5, 5.41) is 0. The predicted molar refractivity (Wildman–Crippen MR) is 76.5 cm³/mol. The molecule has 0 amide bonds. The first-order chi connectivity index (χ1) is 9.66.